The maximum Gasteiger partial charge on any atom is 0.341 e. The smallest absolute Gasteiger partial charge is 0.275 e. The summed E-state index contributed by atoms with van der Waals surface area (Å²) < 4.78 is 3.01. The van der Waals surface area contributed by atoms with Crippen LogP contribution >= 0.6 is 0 Å². The van der Waals surface area contributed by atoms with Crippen LogP contribution in [-0.2, 0) is 18.3 Å². The number of amides is 1. The zero-order valence-corrected chi connectivity index (χ0v) is 14.1. The van der Waals surface area contributed by atoms with Gasteiger partial charge in [0, 0.05) is 42.4 Å². The average Bonchev–Trinajstić information content (AvgIpc) is 3.08. The maximum absolute atomic E-state index is 12.5. The van der Waals surface area contributed by atoms with Gasteiger partial charge >= 0.3 is 11.7 Å². The lowest BCUT2D eigenvalue weighted by molar-refractivity contribution is -0.357. The molecule has 2 heterocycles. The fourth-order valence-corrected chi connectivity index (χ4v) is 2.50. The molecule has 1 aromatic carbocycles. The van der Waals surface area contributed by atoms with E-state index < -0.39 is 0 Å². The van der Waals surface area contributed by atoms with Crippen molar-refractivity contribution >= 4 is 18.4 Å². The summed E-state index contributed by atoms with van der Waals surface area (Å²) in [4.78, 5) is 16.9. The number of benzene rings is 1. The summed E-state index contributed by atoms with van der Waals surface area (Å²) in [7, 11) is 1.86. The molecule has 0 saturated carbocycles. The Hall–Kier alpha value is -3.34. The monoisotopic (exact) mass is 331 g/mol. The van der Waals surface area contributed by atoms with E-state index in [1.165, 1.54) is 4.58 Å². The van der Waals surface area contributed by atoms with Gasteiger partial charge in [0.1, 0.15) is 6.20 Å². The first-order chi connectivity index (χ1) is 12.0. The Balaban J connectivity index is 1.71. The Labute approximate surface area is 146 Å². The minimum atomic E-state index is -0.245. The van der Waals surface area contributed by atoms with Crippen molar-refractivity contribution in [3.05, 3.63) is 78.8 Å². The van der Waals surface area contributed by atoms with Crippen molar-refractivity contribution in [3.63, 3.8) is 0 Å². The summed E-state index contributed by atoms with van der Waals surface area (Å²) in [5.41, 5.74) is 3.41. The summed E-state index contributed by atoms with van der Waals surface area (Å²) in [6.07, 6.45) is 5.87. The average molecular weight is 331 g/mol. The molecule has 0 radical (unpaired) electrons. The van der Waals surface area contributed by atoms with Crippen molar-refractivity contribution in [1.29, 1.82) is 0 Å². The van der Waals surface area contributed by atoms with Crippen molar-refractivity contribution < 1.29 is 9.37 Å². The first-order valence-corrected chi connectivity index (χ1v) is 7.86. The van der Waals surface area contributed by atoms with Crippen molar-refractivity contribution in [2.24, 2.45) is 7.05 Å². The van der Waals surface area contributed by atoms with Crippen molar-refractivity contribution in [2.75, 3.05) is 0 Å². The van der Waals surface area contributed by atoms with Crippen LogP contribution in [0.15, 0.2) is 73.2 Å². The zero-order valence-electron chi connectivity index (χ0n) is 14.1. The van der Waals surface area contributed by atoms with E-state index in [0.29, 0.717) is 17.8 Å². The number of pyridine rings is 1. The lowest BCUT2D eigenvalue weighted by Crippen LogP contribution is -2.18. The number of carbonyl (C=O) groups is 1. The molecule has 124 valence electrons. The lowest BCUT2D eigenvalue weighted by atomic mass is 10.1. The third-order valence-corrected chi connectivity index (χ3v) is 3.87. The van der Waals surface area contributed by atoms with Gasteiger partial charge in [0.15, 0.2) is 0 Å². The Kier molecular flexibility index (Phi) is 4.66. The highest BCUT2D eigenvalue weighted by molar-refractivity contribution is 5.88. The number of aromatic nitrogens is 3. The molecule has 0 N–H and O–H groups in total. The number of nitrogens with zero attached hydrogens (tertiary/aromatic N) is 4. The first kappa shape index (κ1) is 16.5. The molecule has 5 heteroatoms. The van der Waals surface area contributed by atoms with Crippen LogP contribution in [0, 0.1) is 0 Å². The summed E-state index contributed by atoms with van der Waals surface area (Å²) in [5.74, 6) is 0.234. The quantitative estimate of drug-likeness (QED) is 0.410. The van der Waals surface area contributed by atoms with Gasteiger partial charge in [-0.05, 0) is 16.6 Å². The molecule has 1 amide bonds. The summed E-state index contributed by atoms with van der Waals surface area (Å²) in [6.45, 7) is 7.72. The van der Waals surface area contributed by atoms with Gasteiger partial charge in [-0.25, -0.2) is 4.79 Å². The highest BCUT2D eigenvalue weighted by atomic mass is 16.2. The standard InChI is InChI=1S/C20H19N4O/c1-15(11-16-7-5-4-6-8-16)20(25)24(3)19-10-9-17(12-21-19)18-13-22-23(2)14-18/h4-10,12-14H,1,3,11H2,2H3/q+1. The van der Waals surface area contributed by atoms with E-state index in [9.17, 15) is 4.79 Å². The van der Waals surface area contributed by atoms with E-state index in [1.807, 2.05) is 49.6 Å². The number of rotatable bonds is 5. The highest BCUT2D eigenvalue weighted by Gasteiger charge is 2.20. The predicted molar refractivity (Wildman–Crippen MR) is 97.8 cm³/mol. The number of aryl methyl sites for hydroxylation is 1. The van der Waals surface area contributed by atoms with E-state index in [0.717, 1.165) is 16.7 Å². The van der Waals surface area contributed by atoms with Crippen LogP contribution in [0.4, 0.5) is 5.82 Å². The van der Waals surface area contributed by atoms with E-state index in [4.69, 9.17) is 0 Å². The van der Waals surface area contributed by atoms with Gasteiger partial charge in [0.05, 0.1) is 12.9 Å². The molecule has 0 aliphatic heterocycles. The molecule has 0 fully saturated rings. The van der Waals surface area contributed by atoms with Gasteiger partial charge in [-0.1, -0.05) is 36.9 Å². The van der Waals surface area contributed by atoms with Crippen LogP contribution in [0.2, 0.25) is 0 Å². The van der Waals surface area contributed by atoms with Crippen LogP contribution in [-0.4, -0.2) is 32.0 Å². The first-order valence-electron chi connectivity index (χ1n) is 7.86. The molecular formula is C20H19N4O+. The second-order valence-electron chi connectivity index (χ2n) is 5.81. The van der Waals surface area contributed by atoms with Gasteiger partial charge in [0.2, 0.25) is 0 Å². The largest absolute Gasteiger partial charge is 0.341 e. The molecule has 25 heavy (non-hydrogen) atoms. The zero-order chi connectivity index (χ0) is 17.8. The SMILES string of the molecule is C=C(Cc1ccccc1)C(=O)[N+](=C)c1ccc(-c2cnn(C)c2)cn1. The van der Waals surface area contributed by atoms with Gasteiger partial charge in [-0.15, -0.1) is 0 Å². The second kappa shape index (κ2) is 7.05. The molecule has 2 aromatic heterocycles. The van der Waals surface area contributed by atoms with Crippen LogP contribution < -0.4 is 0 Å². The van der Waals surface area contributed by atoms with Crippen LogP contribution in [0.1, 0.15) is 5.56 Å². The van der Waals surface area contributed by atoms with E-state index in [-0.39, 0.29) is 5.91 Å². The molecule has 5 nitrogen and oxygen atoms in total. The van der Waals surface area contributed by atoms with Crippen molar-refractivity contribution in [2.45, 2.75) is 6.42 Å². The van der Waals surface area contributed by atoms with Crippen molar-refractivity contribution in [1.82, 2.24) is 14.8 Å². The molecule has 0 atom stereocenters. The Morgan fingerprint density at radius 3 is 2.48 bits per heavy atom. The number of hydrogen-bond acceptors (Lipinski definition) is 3. The molecule has 3 aromatic rings. The molecule has 0 bridgehead atoms. The normalized spacial score (nSPS) is 10.4. The van der Waals surface area contributed by atoms with Gasteiger partial charge in [0.25, 0.3) is 0 Å². The predicted octanol–water partition coefficient (Wildman–Crippen LogP) is 3.15. The summed E-state index contributed by atoms with van der Waals surface area (Å²) in [5, 5.41) is 4.14. The molecule has 0 aliphatic carbocycles. The summed E-state index contributed by atoms with van der Waals surface area (Å²) >= 11 is 0. The third kappa shape index (κ3) is 3.77. The maximum atomic E-state index is 12.5. The molecule has 0 aliphatic rings. The topological polar surface area (TPSA) is 50.8 Å². The second-order valence-corrected chi connectivity index (χ2v) is 5.81. The number of carbonyl (C=O) groups excluding carboxylic acids is 1. The van der Waals surface area contributed by atoms with Crippen LogP contribution in [0.3, 0.4) is 0 Å². The number of hydrogen-bond donors (Lipinski definition) is 0. The van der Waals surface area contributed by atoms with Crippen molar-refractivity contribution in [3.8, 4) is 11.1 Å². The Morgan fingerprint density at radius 2 is 1.88 bits per heavy atom. The molecule has 0 unspecified atom stereocenters. The molecule has 3 rings (SSSR count). The minimum Gasteiger partial charge on any atom is -0.275 e. The van der Waals surface area contributed by atoms with Gasteiger partial charge in [-0.2, -0.15) is 9.67 Å². The Bertz CT molecular complexity index is 924. The molecule has 0 spiro atoms. The lowest BCUT2D eigenvalue weighted by Gasteiger charge is -2.04. The van der Waals surface area contributed by atoms with E-state index in [2.05, 4.69) is 23.4 Å². The van der Waals surface area contributed by atoms with E-state index >= 15 is 0 Å². The van der Waals surface area contributed by atoms with Crippen LogP contribution in [0.25, 0.3) is 11.1 Å². The van der Waals surface area contributed by atoms with Crippen LogP contribution in [0.5, 0.6) is 0 Å². The van der Waals surface area contributed by atoms with E-state index in [1.54, 1.807) is 23.1 Å². The fraction of sp³-hybridized carbons (Fsp3) is 0.100. The fourth-order valence-electron chi connectivity index (χ4n) is 2.50. The minimum absolute atomic E-state index is 0.245. The van der Waals surface area contributed by atoms with Gasteiger partial charge in [-0.3, -0.25) is 4.68 Å². The molecule has 0 saturated heterocycles. The van der Waals surface area contributed by atoms with Gasteiger partial charge < -0.3 is 0 Å². The Morgan fingerprint density at radius 1 is 1.12 bits per heavy atom. The third-order valence-electron chi connectivity index (χ3n) is 3.87. The highest BCUT2D eigenvalue weighted by Crippen LogP contribution is 2.20. The molecular weight excluding hydrogens is 312 g/mol. The summed E-state index contributed by atoms with van der Waals surface area (Å²) in [6, 6.07) is 13.4.